The van der Waals surface area contributed by atoms with Gasteiger partial charge in [-0.25, -0.2) is 4.79 Å². The fourth-order valence-corrected chi connectivity index (χ4v) is 3.83. The summed E-state index contributed by atoms with van der Waals surface area (Å²) in [6.45, 7) is 8.00. The summed E-state index contributed by atoms with van der Waals surface area (Å²) in [5.41, 5.74) is 0.710. The van der Waals surface area contributed by atoms with Crippen LogP contribution in [0.15, 0.2) is 24.3 Å². The molecule has 1 N–H and O–H groups in total. The lowest BCUT2D eigenvalue weighted by Gasteiger charge is -2.25. The molecule has 6 heteroatoms. The fraction of sp³-hybridized carbons (Fsp3) is 0.636. The Labute approximate surface area is 168 Å². The van der Waals surface area contributed by atoms with E-state index in [1.165, 1.54) is 0 Å². The number of nitrogens with zero attached hydrogens (tertiary/aromatic N) is 2. The van der Waals surface area contributed by atoms with E-state index in [0.29, 0.717) is 24.6 Å². The van der Waals surface area contributed by atoms with Gasteiger partial charge in [0.25, 0.3) is 5.91 Å². The van der Waals surface area contributed by atoms with E-state index in [1.807, 2.05) is 34.1 Å². The first-order valence-electron chi connectivity index (χ1n) is 10.6. The minimum atomic E-state index is 0.0123. The van der Waals surface area contributed by atoms with Crippen LogP contribution in [0.25, 0.3) is 0 Å². The summed E-state index contributed by atoms with van der Waals surface area (Å²) in [6.07, 6.45) is 5.15. The number of carbonyl (C=O) groups is 2. The molecule has 6 nitrogen and oxygen atoms in total. The number of amides is 3. The van der Waals surface area contributed by atoms with E-state index >= 15 is 0 Å². The second-order valence-electron chi connectivity index (χ2n) is 8.24. The molecule has 3 amide bonds. The molecule has 2 heterocycles. The van der Waals surface area contributed by atoms with Crippen LogP contribution in [0, 0.1) is 5.92 Å². The predicted molar refractivity (Wildman–Crippen MR) is 110 cm³/mol. The highest BCUT2D eigenvalue weighted by molar-refractivity contribution is 5.94. The molecule has 1 unspecified atom stereocenters. The number of likely N-dealkylation sites (tertiary alicyclic amines) is 2. The molecule has 0 aliphatic carbocycles. The van der Waals surface area contributed by atoms with E-state index in [-0.39, 0.29) is 18.0 Å². The van der Waals surface area contributed by atoms with Gasteiger partial charge in [0, 0.05) is 31.7 Å². The standard InChI is InChI=1S/C22H33N3O3/c1-17(2)11-12-23-22(27)25-15-5-6-19(25)16-28-20-9-7-18(8-10-20)21(26)24-13-3-4-14-24/h7-10,17,19H,3-6,11-16H2,1-2H3,(H,23,27). The van der Waals surface area contributed by atoms with Crippen LogP contribution >= 0.6 is 0 Å². The highest BCUT2D eigenvalue weighted by Crippen LogP contribution is 2.21. The predicted octanol–water partition coefficient (Wildman–Crippen LogP) is 3.52. The van der Waals surface area contributed by atoms with Crippen molar-refractivity contribution in [2.75, 3.05) is 32.8 Å². The van der Waals surface area contributed by atoms with Gasteiger partial charge in [0.2, 0.25) is 0 Å². The molecular formula is C22H33N3O3. The first-order chi connectivity index (χ1) is 13.5. The van der Waals surface area contributed by atoms with Gasteiger partial charge in [-0.2, -0.15) is 0 Å². The highest BCUT2D eigenvalue weighted by Gasteiger charge is 2.29. The topological polar surface area (TPSA) is 61.9 Å². The van der Waals surface area contributed by atoms with Gasteiger partial charge in [-0.1, -0.05) is 13.8 Å². The number of urea groups is 1. The van der Waals surface area contributed by atoms with Gasteiger partial charge >= 0.3 is 6.03 Å². The summed E-state index contributed by atoms with van der Waals surface area (Å²) in [4.78, 5) is 28.6. The second-order valence-corrected chi connectivity index (χ2v) is 8.24. The molecule has 3 rings (SSSR count). The minimum Gasteiger partial charge on any atom is -0.491 e. The quantitative estimate of drug-likeness (QED) is 0.779. The Kier molecular flexibility index (Phi) is 7.18. The molecule has 28 heavy (non-hydrogen) atoms. The third-order valence-electron chi connectivity index (χ3n) is 5.57. The van der Waals surface area contributed by atoms with E-state index in [9.17, 15) is 9.59 Å². The number of carbonyl (C=O) groups excluding carboxylic acids is 2. The molecule has 0 bridgehead atoms. The number of ether oxygens (including phenoxy) is 1. The molecule has 2 saturated heterocycles. The van der Waals surface area contributed by atoms with E-state index in [1.54, 1.807) is 0 Å². The summed E-state index contributed by atoms with van der Waals surface area (Å²) in [6, 6.07) is 7.49. The molecule has 0 saturated carbocycles. The van der Waals surface area contributed by atoms with Gasteiger partial charge in [0.15, 0.2) is 0 Å². The molecule has 1 aromatic carbocycles. The molecule has 1 aromatic rings. The summed E-state index contributed by atoms with van der Waals surface area (Å²) < 4.78 is 5.93. The van der Waals surface area contributed by atoms with Crippen LogP contribution in [0.4, 0.5) is 4.79 Å². The fourth-order valence-electron chi connectivity index (χ4n) is 3.83. The largest absolute Gasteiger partial charge is 0.491 e. The van der Waals surface area contributed by atoms with Crippen molar-refractivity contribution in [2.24, 2.45) is 5.92 Å². The van der Waals surface area contributed by atoms with Crippen LogP contribution in [-0.2, 0) is 0 Å². The molecule has 1 atom stereocenters. The number of hydrogen-bond acceptors (Lipinski definition) is 3. The Morgan fingerprint density at radius 3 is 2.50 bits per heavy atom. The monoisotopic (exact) mass is 387 g/mol. The van der Waals surface area contributed by atoms with E-state index in [0.717, 1.165) is 57.5 Å². The zero-order valence-electron chi connectivity index (χ0n) is 17.2. The Morgan fingerprint density at radius 1 is 1.11 bits per heavy atom. The zero-order chi connectivity index (χ0) is 19.9. The van der Waals surface area contributed by atoms with Gasteiger partial charge < -0.3 is 19.9 Å². The first kappa shape index (κ1) is 20.5. The molecule has 0 aromatic heterocycles. The van der Waals surface area contributed by atoms with Crippen molar-refractivity contribution < 1.29 is 14.3 Å². The van der Waals surface area contributed by atoms with Crippen molar-refractivity contribution in [1.82, 2.24) is 15.1 Å². The maximum absolute atomic E-state index is 12.4. The van der Waals surface area contributed by atoms with E-state index in [4.69, 9.17) is 4.74 Å². The number of hydrogen-bond donors (Lipinski definition) is 1. The lowest BCUT2D eigenvalue weighted by atomic mass is 10.1. The van der Waals surface area contributed by atoms with Crippen molar-refractivity contribution in [3.63, 3.8) is 0 Å². The Hall–Kier alpha value is -2.24. The van der Waals surface area contributed by atoms with Gasteiger partial charge in [0.1, 0.15) is 12.4 Å². The number of rotatable bonds is 7. The third kappa shape index (κ3) is 5.40. The van der Waals surface area contributed by atoms with Gasteiger partial charge in [-0.15, -0.1) is 0 Å². The van der Waals surface area contributed by atoms with Crippen LogP contribution in [-0.4, -0.2) is 60.6 Å². The molecule has 0 spiro atoms. The van der Waals surface area contributed by atoms with Crippen molar-refractivity contribution in [3.8, 4) is 5.75 Å². The lowest BCUT2D eigenvalue weighted by Crippen LogP contribution is -2.45. The summed E-state index contributed by atoms with van der Waals surface area (Å²) in [5, 5.41) is 3.02. The van der Waals surface area contributed by atoms with Gasteiger partial charge in [0.05, 0.1) is 6.04 Å². The molecule has 2 aliphatic heterocycles. The van der Waals surface area contributed by atoms with Crippen molar-refractivity contribution in [1.29, 1.82) is 0 Å². The smallest absolute Gasteiger partial charge is 0.317 e. The average molecular weight is 388 g/mol. The Morgan fingerprint density at radius 2 is 1.82 bits per heavy atom. The lowest BCUT2D eigenvalue weighted by molar-refractivity contribution is 0.0792. The zero-order valence-corrected chi connectivity index (χ0v) is 17.2. The summed E-state index contributed by atoms with van der Waals surface area (Å²) >= 11 is 0. The van der Waals surface area contributed by atoms with Crippen molar-refractivity contribution in [3.05, 3.63) is 29.8 Å². The molecule has 154 valence electrons. The van der Waals surface area contributed by atoms with Gasteiger partial charge in [-0.3, -0.25) is 4.79 Å². The Balaban J connectivity index is 1.47. The number of benzene rings is 1. The Bertz CT molecular complexity index is 653. The number of nitrogens with one attached hydrogen (secondary N) is 1. The molecular weight excluding hydrogens is 354 g/mol. The third-order valence-corrected chi connectivity index (χ3v) is 5.57. The molecule has 0 radical (unpaired) electrons. The average Bonchev–Trinajstić information content (AvgIpc) is 3.37. The van der Waals surface area contributed by atoms with Gasteiger partial charge in [-0.05, 0) is 62.3 Å². The van der Waals surface area contributed by atoms with E-state index < -0.39 is 0 Å². The van der Waals surface area contributed by atoms with Crippen molar-refractivity contribution in [2.45, 2.75) is 52.0 Å². The summed E-state index contributed by atoms with van der Waals surface area (Å²) in [5.74, 6) is 1.42. The van der Waals surface area contributed by atoms with Crippen LogP contribution in [0.2, 0.25) is 0 Å². The maximum atomic E-state index is 12.4. The first-order valence-corrected chi connectivity index (χ1v) is 10.6. The van der Waals surface area contributed by atoms with Crippen LogP contribution in [0.3, 0.4) is 0 Å². The minimum absolute atomic E-state index is 0.0123. The molecule has 2 fully saturated rings. The van der Waals surface area contributed by atoms with Crippen molar-refractivity contribution >= 4 is 11.9 Å². The molecule has 2 aliphatic rings. The normalized spacial score (nSPS) is 19.3. The second kappa shape index (κ2) is 9.80. The highest BCUT2D eigenvalue weighted by atomic mass is 16.5. The maximum Gasteiger partial charge on any atom is 0.317 e. The van der Waals surface area contributed by atoms with Crippen LogP contribution in [0.1, 0.15) is 56.3 Å². The van der Waals surface area contributed by atoms with Crippen LogP contribution < -0.4 is 10.1 Å². The van der Waals surface area contributed by atoms with E-state index in [2.05, 4.69) is 19.2 Å². The van der Waals surface area contributed by atoms with Crippen LogP contribution in [0.5, 0.6) is 5.75 Å². The SMILES string of the molecule is CC(C)CCNC(=O)N1CCCC1COc1ccc(C(=O)N2CCCC2)cc1. The summed E-state index contributed by atoms with van der Waals surface area (Å²) in [7, 11) is 0.